The van der Waals surface area contributed by atoms with Crippen molar-refractivity contribution in [1.82, 2.24) is 4.72 Å². The smallest absolute Gasteiger partial charge is 0.250 e. The lowest BCUT2D eigenvalue weighted by Crippen LogP contribution is -2.51. The van der Waals surface area contributed by atoms with Crippen molar-refractivity contribution >= 4 is 45.4 Å². The summed E-state index contributed by atoms with van der Waals surface area (Å²) in [7, 11) is -3.50. The molecule has 0 atom stereocenters. The maximum Gasteiger partial charge on any atom is 0.250 e. The molecule has 0 unspecified atom stereocenters. The number of halogens is 2. The Bertz CT molecular complexity index is 532. The van der Waals surface area contributed by atoms with E-state index >= 15 is 0 Å². The normalized spacial score (nSPS) is 18.6. The lowest BCUT2D eigenvalue weighted by atomic mass is 9.83. The summed E-state index contributed by atoms with van der Waals surface area (Å²) in [6.07, 6.45) is 5.08. The molecule has 0 saturated heterocycles. The molecule has 1 fully saturated rings. The second-order valence-corrected chi connectivity index (χ2v) is 8.92. The Morgan fingerprint density at radius 3 is 2.50 bits per heavy atom. The van der Waals surface area contributed by atoms with Gasteiger partial charge in [-0.05, 0) is 31.4 Å². The Balaban J connectivity index is 0.00000200. The van der Waals surface area contributed by atoms with Gasteiger partial charge in [-0.2, -0.15) is 0 Å². The van der Waals surface area contributed by atoms with Gasteiger partial charge in [0.25, 0.3) is 0 Å². The van der Waals surface area contributed by atoms with Crippen molar-refractivity contribution in [2.45, 2.75) is 48.8 Å². The zero-order valence-corrected chi connectivity index (χ0v) is 14.5. The van der Waals surface area contributed by atoms with Crippen molar-refractivity contribution in [3.63, 3.8) is 0 Å². The number of rotatable bonds is 4. The van der Waals surface area contributed by atoms with Crippen LogP contribution in [0.5, 0.6) is 0 Å². The zero-order chi connectivity index (χ0) is 14.1. The molecule has 1 saturated carbocycles. The summed E-state index contributed by atoms with van der Waals surface area (Å²) in [6, 6.07) is 1.60. The number of thiophene rings is 1. The quantitative estimate of drug-likeness (QED) is 0.868. The van der Waals surface area contributed by atoms with Gasteiger partial charge in [-0.15, -0.1) is 23.7 Å². The third kappa shape index (κ3) is 4.32. The lowest BCUT2D eigenvalue weighted by molar-refractivity contribution is 0.296. The number of hydrogen-bond donors (Lipinski definition) is 2. The van der Waals surface area contributed by atoms with E-state index in [0.29, 0.717) is 10.9 Å². The van der Waals surface area contributed by atoms with E-state index in [1.54, 1.807) is 13.0 Å². The average Bonchev–Trinajstić information content (AvgIpc) is 2.69. The number of nitrogens with two attached hydrogens (primary N) is 1. The van der Waals surface area contributed by atoms with Gasteiger partial charge < -0.3 is 5.73 Å². The fourth-order valence-electron chi connectivity index (χ4n) is 2.31. The molecule has 20 heavy (non-hydrogen) atoms. The van der Waals surface area contributed by atoms with Crippen LogP contribution in [0.25, 0.3) is 0 Å². The Morgan fingerprint density at radius 1 is 1.40 bits per heavy atom. The van der Waals surface area contributed by atoms with Gasteiger partial charge in [0.05, 0.1) is 4.34 Å². The van der Waals surface area contributed by atoms with Gasteiger partial charge in [-0.25, -0.2) is 13.1 Å². The van der Waals surface area contributed by atoms with Gasteiger partial charge in [-0.1, -0.05) is 30.9 Å². The molecular weight excluding hydrogens is 339 g/mol. The van der Waals surface area contributed by atoms with Crippen molar-refractivity contribution in [3.05, 3.63) is 16.0 Å². The van der Waals surface area contributed by atoms with Crippen LogP contribution in [0.4, 0.5) is 0 Å². The van der Waals surface area contributed by atoms with Crippen LogP contribution in [0, 0.1) is 6.92 Å². The first kappa shape index (κ1) is 18.2. The van der Waals surface area contributed by atoms with Gasteiger partial charge in [0.1, 0.15) is 4.21 Å². The highest BCUT2D eigenvalue weighted by Gasteiger charge is 2.29. The molecule has 1 heterocycles. The molecule has 3 N–H and O–H groups in total. The molecule has 0 amide bonds. The van der Waals surface area contributed by atoms with Crippen molar-refractivity contribution in [2.75, 3.05) is 6.54 Å². The van der Waals surface area contributed by atoms with Crippen LogP contribution in [0.2, 0.25) is 4.34 Å². The summed E-state index contributed by atoms with van der Waals surface area (Å²) in [5.41, 5.74) is 6.61. The molecule has 4 nitrogen and oxygen atoms in total. The highest BCUT2D eigenvalue weighted by Crippen LogP contribution is 2.30. The number of hydrogen-bond acceptors (Lipinski definition) is 4. The SMILES string of the molecule is Cc1cc(S(=O)(=O)NCC2(N)CCCCC2)sc1Cl.Cl. The zero-order valence-electron chi connectivity index (χ0n) is 11.3. The molecule has 1 aromatic rings. The van der Waals surface area contributed by atoms with Crippen molar-refractivity contribution in [3.8, 4) is 0 Å². The average molecular weight is 359 g/mol. The third-order valence-corrected chi connectivity index (χ3v) is 6.99. The fraction of sp³-hybridized carbons (Fsp3) is 0.667. The van der Waals surface area contributed by atoms with Crippen molar-refractivity contribution in [1.29, 1.82) is 0 Å². The molecule has 0 aromatic carbocycles. The predicted octanol–water partition coefficient (Wildman–Crippen LogP) is 3.07. The van der Waals surface area contributed by atoms with E-state index in [4.69, 9.17) is 17.3 Å². The van der Waals surface area contributed by atoms with Crippen molar-refractivity contribution < 1.29 is 8.42 Å². The Kier molecular flexibility index (Phi) is 6.32. The van der Waals surface area contributed by atoms with E-state index in [-0.39, 0.29) is 16.6 Å². The van der Waals surface area contributed by atoms with Gasteiger partial charge in [0, 0.05) is 12.1 Å². The summed E-state index contributed by atoms with van der Waals surface area (Å²) in [6.45, 7) is 2.09. The molecular formula is C12H20Cl2N2O2S2. The standard InChI is InChI=1S/C12H19ClN2O2S2.ClH/c1-9-7-10(18-11(9)13)19(16,17)15-8-12(14)5-3-2-4-6-12;/h7,15H,2-6,8,14H2,1H3;1H. The molecule has 0 spiro atoms. The van der Waals surface area contributed by atoms with Crippen LogP contribution in [0.3, 0.4) is 0 Å². The fourth-order valence-corrected chi connectivity index (χ4v) is 5.20. The molecule has 0 radical (unpaired) electrons. The largest absolute Gasteiger partial charge is 0.324 e. The van der Waals surface area contributed by atoms with E-state index in [9.17, 15) is 8.42 Å². The molecule has 8 heteroatoms. The minimum atomic E-state index is -3.50. The Hall–Kier alpha value is 0.150. The van der Waals surface area contributed by atoms with Gasteiger partial charge >= 0.3 is 0 Å². The van der Waals surface area contributed by atoms with Crippen LogP contribution in [0.15, 0.2) is 10.3 Å². The summed E-state index contributed by atoms with van der Waals surface area (Å²) in [5.74, 6) is 0. The second kappa shape index (κ2) is 6.94. The summed E-state index contributed by atoms with van der Waals surface area (Å²) in [5, 5.41) is 0. The minimum absolute atomic E-state index is 0. The summed E-state index contributed by atoms with van der Waals surface area (Å²) in [4.78, 5) is 0. The topological polar surface area (TPSA) is 72.2 Å². The van der Waals surface area contributed by atoms with E-state index < -0.39 is 15.6 Å². The molecule has 2 rings (SSSR count). The van der Waals surface area contributed by atoms with E-state index in [1.165, 1.54) is 6.42 Å². The second-order valence-electron chi connectivity index (χ2n) is 5.27. The molecule has 1 aromatic heterocycles. The van der Waals surface area contributed by atoms with Crippen LogP contribution in [0.1, 0.15) is 37.7 Å². The monoisotopic (exact) mass is 358 g/mol. The Morgan fingerprint density at radius 2 is 2.00 bits per heavy atom. The molecule has 1 aliphatic rings. The minimum Gasteiger partial charge on any atom is -0.324 e. The third-order valence-electron chi connectivity index (χ3n) is 3.56. The molecule has 0 aliphatic heterocycles. The maximum absolute atomic E-state index is 12.2. The van der Waals surface area contributed by atoms with Gasteiger partial charge in [0.15, 0.2) is 0 Å². The van der Waals surface area contributed by atoms with Crippen LogP contribution >= 0.6 is 35.3 Å². The van der Waals surface area contributed by atoms with Crippen molar-refractivity contribution in [2.24, 2.45) is 5.73 Å². The van der Waals surface area contributed by atoms with Gasteiger partial charge in [-0.3, -0.25) is 0 Å². The summed E-state index contributed by atoms with van der Waals surface area (Å²) < 4.78 is 27.7. The van der Waals surface area contributed by atoms with E-state index in [1.807, 2.05) is 0 Å². The number of sulfonamides is 1. The highest BCUT2D eigenvalue weighted by atomic mass is 35.5. The van der Waals surface area contributed by atoms with Crippen LogP contribution in [-0.2, 0) is 10.0 Å². The first-order valence-electron chi connectivity index (χ1n) is 6.37. The first-order chi connectivity index (χ1) is 8.82. The first-order valence-corrected chi connectivity index (χ1v) is 9.05. The maximum atomic E-state index is 12.2. The number of nitrogens with one attached hydrogen (secondary N) is 1. The summed E-state index contributed by atoms with van der Waals surface area (Å²) >= 11 is 6.99. The molecule has 1 aliphatic carbocycles. The van der Waals surface area contributed by atoms with E-state index in [0.717, 1.165) is 42.6 Å². The lowest BCUT2D eigenvalue weighted by Gasteiger charge is -2.33. The predicted molar refractivity (Wildman–Crippen MR) is 86.5 cm³/mol. The van der Waals surface area contributed by atoms with E-state index in [2.05, 4.69) is 4.72 Å². The van der Waals surface area contributed by atoms with Gasteiger partial charge in [0.2, 0.25) is 10.0 Å². The molecule has 0 bridgehead atoms. The van der Waals surface area contributed by atoms with Crippen LogP contribution in [-0.4, -0.2) is 20.5 Å². The van der Waals surface area contributed by atoms with Crippen LogP contribution < -0.4 is 10.5 Å². The molecule has 116 valence electrons. The highest BCUT2D eigenvalue weighted by molar-refractivity contribution is 7.91. The number of aryl methyl sites for hydroxylation is 1. The Labute approximate surface area is 135 Å².